The van der Waals surface area contributed by atoms with E-state index in [2.05, 4.69) is 9.97 Å². The second-order valence-electron chi connectivity index (χ2n) is 7.38. The van der Waals surface area contributed by atoms with Crippen LogP contribution in [0, 0.1) is 0 Å². The van der Waals surface area contributed by atoms with Gasteiger partial charge >= 0.3 is 0 Å². The van der Waals surface area contributed by atoms with Crippen molar-refractivity contribution in [3.05, 3.63) is 60.6 Å². The van der Waals surface area contributed by atoms with Crippen LogP contribution in [0.15, 0.2) is 55.0 Å². The van der Waals surface area contributed by atoms with Crippen molar-refractivity contribution in [2.24, 2.45) is 0 Å². The van der Waals surface area contributed by atoms with E-state index in [1.165, 1.54) is 0 Å². The molecule has 6 nitrogen and oxygen atoms in total. The number of amides is 1. The zero-order chi connectivity index (χ0) is 18.3. The van der Waals surface area contributed by atoms with Gasteiger partial charge in [-0.3, -0.25) is 9.78 Å². The molecule has 0 radical (unpaired) electrons. The van der Waals surface area contributed by atoms with Crippen molar-refractivity contribution in [3.8, 4) is 5.75 Å². The number of aromatic amines is 1. The van der Waals surface area contributed by atoms with Gasteiger partial charge in [-0.05, 0) is 42.8 Å². The van der Waals surface area contributed by atoms with E-state index >= 15 is 0 Å². The minimum Gasteiger partial charge on any atom is -0.486 e. The van der Waals surface area contributed by atoms with E-state index in [4.69, 9.17) is 9.47 Å². The summed E-state index contributed by atoms with van der Waals surface area (Å²) in [5, 5.41) is 1.05. The van der Waals surface area contributed by atoms with Gasteiger partial charge < -0.3 is 19.4 Å². The van der Waals surface area contributed by atoms with Crippen molar-refractivity contribution in [2.75, 3.05) is 19.7 Å². The first-order valence-electron chi connectivity index (χ1n) is 9.28. The van der Waals surface area contributed by atoms with Gasteiger partial charge in [0.15, 0.2) is 0 Å². The summed E-state index contributed by atoms with van der Waals surface area (Å²) in [4.78, 5) is 22.1. The standard InChI is InChI=1S/C21H21N3O3/c25-20(16-3-4-19-15(10-16)5-8-23-19)24-9-6-21(14-24)11-18(13-26-21)27-17-2-1-7-22-12-17/h1-5,7-8,10,12,18,23H,6,9,11,13-14H2. The van der Waals surface area contributed by atoms with E-state index in [-0.39, 0.29) is 17.6 Å². The molecule has 1 N–H and O–H groups in total. The number of hydrogen-bond acceptors (Lipinski definition) is 4. The predicted molar refractivity (Wildman–Crippen MR) is 101 cm³/mol. The molecule has 3 aromatic rings. The van der Waals surface area contributed by atoms with Gasteiger partial charge in [-0.25, -0.2) is 0 Å². The second kappa shape index (κ2) is 6.39. The monoisotopic (exact) mass is 363 g/mol. The molecule has 2 aliphatic rings. The number of fused-ring (bicyclic) bond motifs is 1. The van der Waals surface area contributed by atoms with Gasteiger partial charge in [0.25, 0.3) is 5.91 Å². The molecule has 1 amide bonds. The maximum absolute atomic E-state index is 12.9. The Kier molecular flexibility index (Phi) is 3.86. The Balaban J connectivity index is 1.26. The molecule has 0 bridgehead atoms. The van der Waals surface area contributed by atoms with Gasteiger partial charge in [0, 0.05) is 41.8 Å². The number of ether oxygens (including phenoxy) is 2. The highest BCUT2D eigenvalue weighted by molar-refractivity contribution is 5.98. The molecule has 138 valence electrons. The third-order valence-corrected chi connectivity index (χ3v) is 5.52. The Morgan fingerprint density at radius 3 is 3.19 bits per heavy atom. The molecule has 0 aliphatic carbocycles. The van der Waals surface area contributed by atoms with Crippen LogP contribution in [-0.4, -0.2) is 52.2 Å². The lowest BCUT2D eigenvalue weighted by Gasteiger charge is -2.23. The average Bonchev–Trinajstić information content (AvgIpc) is 3.42. The molecule has 1 aromatic carbocycles. The fourth-order valence-corrected chi connectivity index (χ4v) is 4.16. The van der Waals surface area contributed by atoms with Crippen LogP contribution in [0.25, 0.3) is 10.9 Å². The van der Waals surface area contributed by atoms with E-state index in [9.17, 15) is 4.79 Å². The van der Waals surface area contributed by atoms with E-state index in [1.54, 1.807) is 12.4 Å². The molecule has 1 spiro atoms. The predicted octanol–water partition coefficient (Wildman–Crippen LogP) is 3.02. The van der Waals surface area contributed by atoms with Crippen LogP contribution in [0.1, 0.15) is 23.2 Å². The number of benzene rings is 1. The number of pyridine rings is 1. The lowest BCUT2D eigenvalue weighted by atomic mass is 9.98. The first kappa shape index (κ1) is 16.3. The number of hydrogen-bond donors (Lipinski definition) is 1. The smallest absolute Gasteiger partial charge is 0.253 e. The maximum Gasteiger partial charge on any atom is 0.253 e. The van der Waals surface area contributed by atoms with Crippen molar-refractivity contribution in [1.29, 1.82) is 0 Å². The molecule has 2 aliphatic heterocycles. The number of nitrogens with zero attached hydrogens (tertiary/aromatic N) is 2. The Hall–Kier alpha value is -2.86. The molecule has 2 atom stereocenters. The first-order chi connectivity index (χ1) is 13.2. The lowest BCUT2D eigenvalue weighted by Crippen LogP contribution is -2.36. The van der Waals surface area contributed by atoms with Crippen LogP contribution in [0.5, 0.6) is 5.75 Å². The highest BCUT2D eigenvalue weighted by Crippen LogP contribution is 2.37. The molecule has 2 unspecified atom stereocenters. The van der Waals surface area contributed by atoms with Crippen LogP contribution < -0.4 is 4.74 Å². The largest absolute Gasteiger partial charge is 0.486 e. The van der Waals surface area contributed by atoms with Crippen molar-refractivity contribution in [2.45, 2.75) is 24.5 Å². The average molecular weight is 363 g/mol. The topological polar surface area (TPSA) is 67.5 Å². The third kappa shape index (κ3) is 3.06. The minimum atomic E-state index is -0.291. The molecule has 6 heteroatoms. The third-order valence-electron chi connectivity index (χ3n) is 5.52. The van der Waals surface area contributed by atoms with Crippen molar-refractivity contribution >= 4 is 16.8 Å². The van der Waals surface area contributed by atoms with Crippen LogP contribution in [0.3, 0.4) is 0 Å². The first-order valence-corrected chi connectivity index (χ1v) is 9.28. The van der Waals surface area contributed by atoms with Crippen LogP contribution in [-0.2, 0) is 4.74 Å². The van der Waals surface area contributed by atoms with Crippen LogP contribution in [0.4, 0.5) is 0 Å². The Labute approximate surface area is 157 Å². The molecular weight excluding hydrogens is 342 g/mol. The molecule has 4 heterocycles. The van der Waals surface area contributed by atoms with E-state index in [0.29, 0.717) is 19.7 Å². The number of H-pyrrole nitrogens is 1. The highest BCUT2D eigenvalue weighted by atomic mass is 16.6. The zero-order valence-electron chi connectivity index (χ0n) is 14.9. The highest BCUT2D eigenvalue weighted by Gasteiger charge is 2.47. The second-order valence-corrected chi connectivity index (χ2v) is 7.38. The van der Waals surface area contributed by atoms with Gasteiger partial charge in [0.2, 0.25) is 0 Å². The van der Waals surface area contributed by atoms with Gasteiger partial charge in [0.05, 0.1) is 24.9 Å². The van der Waals surface area contributed by atoms with Gasteiger partial charge in [-0.2, -0.15) is 0 Å². The summed E-state index contributed by atoms with van der Waals surface area (Å²) in [6.07, 6.45) is 6.97. The van der Waals surface area contributed by atoms with Crippen LogP contribution >= 0.6 is 0 Å². The Bertz CT molecular complexity index is 971. The van der Waals surface area contributed by atoms with Crippen LogP contribution in [0.2, 0.25) is 0 Å². The molecule has 5 rings (SSSR count). The van der Waals surface area contributed by atoms with Gasteiger partial charge in [0.1, 0.15) is 11.9 Å². The summed E-state index contributed by atoms with van der Waals surface area (Å²) in [6, 6.07) is 11.5. The normalized spacial score (nSPS) is 24.7. The number of aromatic nitrogens is 2. The molecule has 2 aromatic heterocycles. The van der Waals surface area contributed by atoms with Crippen molar-refractivity contribution < 1.29 is 14.3 Å². The summed E-state index contributed by atoms with van der Waals surface area (Å²) in [7, 11) is 0. The van der Waals surface area contributed by atoms with E-state index in [0.717, 1.165) is 35.1 Å². The fraction of sp³-hybridized carbons (Fsp3) is 0.333. The lowest BCUT2D eigenvalue weighted by molar-refractivity contribution is 0.00995. The Morgan fingerprint density at radius 2 is 2.30 bits per heavy atom. The number of carbonyl (C=O) groups excluding carboxylic acids is 1. The molecule has 27 heavy (non-hydrogen) atoms. The zero-order valence-corrected chi connectivity index (χ0v) is 14.9. The molecule has 2 saturated heterocycles. The molecule has 0 saturated carbocycles. The van der Waals surface area contributed by atoms with Crippen molar-refractivity contribution in [3.63, 3.8) is 0 Å². The van der Waals surface area contributed by atoms with Gasteiger partial charge in [-0.15, -0.1) is 0 Å². The quantitative estimate of drug-likeness (QED) is 0.777. The summed E-state index contributed by atoms with van der Waals surface area (Å²) < 4.78 is 12.1. The Morgan fingerprint density at radius 1 is 1.33 bits per heavy atom. The van der Waals surface area contributed by atoms with E-state index in [1.807, 2.05) is 47.5 Å². The number of rotatable bonds is 3. The molecular formula is C21H21N3O3. The summed E-state index contributed by atoms with van der Waals surface area (Å²) >= 11 is 0. The van der Waals surface area contributed by atoms with Gasteiger partial charge in [-0.1, -0.05) is 0 Å². The fourth-order valence-electron chi connectivity index (χ4n) is 4.16. The minimum absolute atomic E-state index is 0.000424. The number of nitrogens with one attached hydrogen (secondary N) is 1. The molecule has 2 fully saturated rings. The summed E-state index contributed by atoms with van der Waals surface area (Å²) in [6.45, 7) is 1.87. The summed E-state index contributed by atoms with van der Waals surface area (Å²) in [5.41, 5.74) is 1.47. The van der Waals surface area contributed by atoms with E-state index < -0.39 is 0 Å². The summed E-state index contributed by atoms with van der Waals surface area (Å²) in [5.74, 6) is 0.823. The van der Waals surface area contributed by atoms with Crippen molar-refractivity contribution in [1.82, 2.24) is 14.9 Å². The maximum atomic E-state index is 12.9. The number of likely N-dealkylation sites (tertiary alicyclic amines) is 1. The SMILES string of the molecule is O=C(c1ccc2[nH]ccc2c1)N1CCC2(CC(Oc3cccnc3)CO2)C1. The number of carbonyl (C=O) groups is 1.